The summed E-state index contributed by atoms with van der Waals surface area (Å²) in [4.78, 5) is 19.7. The molecular weight excluding hydrogens is 471 g/mol. The Bertz CT molecular complexity index is 1370. The molecule has 1 amide bonds. The number of aromatic nitrogens is 1. The predicted octanol–water partition coefficient (Wildman–Crippen LogP) is 3.51. The number of rotatable bonds is 6. The minimum atomic E-state index is -3.54. The minimum absolute atomic E-state index is 0.161. The van der Waals surface area contributed by atoms with Gasteiger partial charge < -0.3 is 15.3 Å². The van der Waals surface area contributed by atoms with Gasteiger partial charge in [0.2, 0.25) is 10.0 Å². The van der Waals surface area contributed by atoms with Gasteiger partial charge in [-0.3, -0.25) is 9.52 Å². The van der Waals surface area contributed by atoms with E-state index < -0.39 is 21.9 Å². The van der Waals surface area contributed by atoms with E-state index in [2.05, 4.69) is 14.9 Å². The lowest BCUT2D eigenvalue weighted by atomic mass is 10.0. The largest absolute Gasteiger partial charge is 0.393 e. The molecule has 0 aliphatic carbocycles. The number of benzene rings is 2. The molecule has 1 fully saturated rings. The van der Waals surface area contributed by atoms with Gasteiger partial charge in [0, 0.05) is 29.6 Å². The van der Waals surface area contributed by atoms with Gasteiger partial charge in [-0.2, -0.15) is 0 Å². The molecule has 2 aromatic carbocycles. The van der Waals surface area contributed by atoms with Crippen LogP contribution in [0.2, 0.25) is 0 Å². The highest BCUT2D eigenvalue weighted by atomic mass is 32.2. The molecule has 2 heterocycles. The van der Waals surface area contributed by atoms with Gasteiger partial charge in [0.25, 0.3) is 5.91 Å². The molecule has 0 unspecified atom stereocenters. The molecular formula is C25H29FN4O4S. The van der Waals surface area contributed by atoms with Gasteiger partial charge in [-0.25, -0.2) is 17.8 Å². The van der Waals surface area contributed by atoms with Crippen molar-refractivity contribution in [3.8, 4) is 0 Å². The summed E-state index contributed by atoms with van der Waals surface area (Å²) < 4.78 is 40.0. The molecule has 1 aliphatic heterocycles. The highest BCUT2D eigenvalue weighted by Gasteiger charge is 2.20. The summed E-state index contributed by atoms with van der Waals surface area (Å²) in [7, 11) is -3.54. The number of aliphatic hydroxyl groups excluding tert-OH is 1. The normalized spacial score (nSPS) is 15.7. The summed E-state index contributed by atoms with van der Waals surface area (Å²) in [5.41, 5.74) is 2.15. The van der Waals surface area contributed by atoms with Crippen molar-refractivity contribution in [2.75, 3.05) is 29.0 Å². The van der Waals surface area contributed by atoms with Crippen LogP contribution >= 0.6 is 0 Å². The Balaban J connectivity index is 1.49. The number of hydrogen-bond donors (Lipinski definition) is 3. The summed E-state index contributed by atoms with van der Waals surface area (Å²) in [6.45, 7) is 4.84. The van der Waals surface area contributed by atoms with E-state index in [4.69, 9.17) is 4.98 Å². The highest BCUT2D eigenvalue weighted by molar-refractivity contribution is 7.92. The van der Waals surface area contributed by atoms with Gasteiger partial charge in [-0.1, -0.05) is 0 Å². The monoisotopic (exact) mass is 500 g/mol. The van der Waals surface area contributed by atoms with Crippen LogP contribution in [-0.4, -0.2) is 49.9 Å². The van der Waals surface area contributed by atoms with Gasteiger partial charge in [0.05, 0.1) is 29.6 Å². The van der Waals surface area contributed by atoms with Gasteiger partial charge in [0.15, 0.2) is 0 Å². The first-order valence-corrected chi connectivity index (χ1v) is 13.3. The molecule has 0 spiro atoms. The smallest absolute Gasteiger partial charge is 0.251 e. The number of sulfonamides is 1. The Labute approximate surface area is 204 Å². The highest BCUT2D eigenvalue weighted by Crippen LogP contribution is 2.26. The summed E-state index contributed by atoms with van der Waals surface area (Å²) in [5.74, 6) is -0.131. The molecule has 4 rings (SSSR count). The van der Waals surface area contributed by atoms with Crippen LogP contribution in [0.3, 0.4) is 0 Å². The van der Waals surface area contributed by atoms with Crippen molar-refractivity contribution in [3.63, 3.8) is 0 Å². The minimum Gasteiger partial charge on any atom is -0.393 e. The van der Waals surface area contributed by atoms with Gasteiger partial charge in [0.1, 0.15) is 11.6 Å². The molecule has 1 saturated heterocycles. The molecule has 0 radical (unpaired) electrons. The van der Waals surface area contributed by atoms with E-state index in [1.54, 1.807) is 32.0 Å². The number of carbonyl (C=O) groups is 1. The van der Waals surface area contributed by atoms with E-state index in [1.165, 1.54) is 6.07 Å². The fourth-order valence-corrected chi connectivity index (χ4v) is 4.85. The van der Waals surface area contributed by atoms with Crippen LogP contribution in [0.1, 0.15) is 47.3 Å². The molecule has 186 valence electrons. The summed E-state index contributed by atoms with van der Waals surface area (Å²) in [5, 5.41) is 13.3. The van der Waals surface area contributed by atoms with E-state index in [-0.39, 0.29) is 23.3 Å². The first-order valence-electron chi connectivity index (χ1n) is 11.4. The Morgan fingerprint density at radius 1 is 1.17 bits per heavy atom. The van der Waals surface area contributed by atoms with E-state index >= 15 is 0 Å². The number of nitrogens with one attached hydrogen (secondary N) is 2. The molecule has 8 nitrogen and oxygen atoms in total. The number of halogens is 1. The number of aliphatic hydroxyl groups is 1. The Hall–Kier alpha value is -3.24. The lowest BCUT2D eigenvalue weighted by molar-refractivity contribution is 0.0939. The number of hydrogen-bond acceptors (Lipinski definition) is 6. The molecule has 1 atom stereocenters. The van der Waals surface area contributed by atoms with Crippen molar-refractivity contribution in [2.24, 2.45) is 0 Å². The number of piperidine rings is 1. The number of amides is 1. The van der Waals surface area contributed by atoms with Gasteiger partial charge in [-0.05, 0) is 74.7 Å². The molecule has 35 heavy (non-hydrogen) atoms. The molecule has 3 N–H and O–H groups in total. The maximum Gasteiger partial charge on any atom is 0.251 e. The van der Waals surface area contributed by atoms with Crippen molar-refractivity contribution >= 4 is 38.3 Å². The van der Waals surface area contributed by atoms with Crippen molar-refractivity contribution in [2.45, 2.75) is 38.8 Å². The quantitative estimate of drug-likeness (QED) is 0.478. The second-order valence-corrected chi connectivity index (χ2v) is 10.8. The molecule has 3 aromatic rings. The first kappa shape index (κ1) is 24.9. The number of nitrogens with zero attached hydrogens (tertiary/aromatic N) is 2. The van der Waals surface area contributed by atoms with E-state index in [9.17, 15) is 22.7 Å². The zero-order valence-electron chi connectivity index (χ0n) is 19.9. The zero-order chi connectivity index (χ0) is 25.3. The average Bonchev–Trinajstić information content (AvgIpc) is 2.80. The van der Waals surface area contributed by atoms with Crippen LogP contribution in [-0.2, 0) is 10.0 Å². The van der Waals surface area contributed by atoms with Crippen molar-refractivity contribution < 1.29 is 22.7 Å². The van der Waals surface area contributed by atoms with Gasteiger partial charge in [-0.15, -0.1) is 0 Å². The molecule has 0 bridgehead atoms. The first-order chi connectivity index (χ1) is 16.5. The SMILES string of the molecule is Cc1cc([C@@H](C)NC(=O)c2ccc3nc(N4CCC(O)CC4)ccc3c2)c(F)cc1NS(C)(=O)=O. The van der Waals surface area contributed by atoms with Crippen LogP contribution in [0.15, 0.2) is 42.5 Å². The Morgan fingerprint density at radius 2 is 1.89 bits per heavy atom. The lowest BCUT2D eigenvalue weighted by Crippen LogP contribution is -2.36. The summed E-state index contributed by atoms with van der Waals surface area (Å²) >= 11 is 0. The zero-order valence-corrected chi connectivity index (χ0v) is 20.7. The lowest BCUT2D eigenvalue weighted by Gasteiger charge is -2.30. The Morgan fingerprint density at radius 3 is 2.57 bits per heavy atom. The molecule has 10 heteroatoms. The number of anilines is 2. The second kappa shape index (κ2) is 9.79. The third-order valence-electron chi connectivity index (χ3n) is 6.18. The molecule has 1 aromatic heterocycles. The third-order valence-corrected chi connectivity index (χ3v) is 6.77. The number of fused-ring (bicyclic) bond motifs is 1. The number of pyridine rings is 1. The van der Waals surface area contributed by atoms with Crippen molar-refractivity contribution in [1.82, 2.24) is 10.3 Å². The summed E-state index contributed by atoms with van der Waals surface area (Å²) in [6, 6.07) is 11.0. The van der Waals surface area contributed by atoms with E-state index in [0.29, 0.717) is 24.0 Å². The van der Waals surface area contributed by atoms with Crippen LogP contribution in [0.25, 0.3) is 10.9 Å². The maximum atomic E-state index is 14.7. The summed E-state index contributed by atoms with van der Waals surface area (Å²) in [6.07, 6.45) is 2.18. The Kier molecular flexibility index (Phi) is 6.95. The third kappa shape index (κ3) is 5.88. The van der Waals surface area contributed by atoms with Crippen molar-refractivity contribution in [3.05, 3.63) is 65.0 Å². The predicted molar refractivity (Wildman–Crippen MR) is 135 cm³/mol. The molecule has 1 aliphatic rings. The topological polar surface area (TPSA) is 112 Å². The van der Waals surface area contributed by atoms with E-state index in [1.807, 2.05) is 12.1 Å². The fourth-order valence-electron chi connectivity index (χ4n) is 4.23. The molecule has 0 saturated carbocycles. The van der Waals surface area contributed by atoms with Crippen molar-refractivity contribution in [1.29, 1.82) is 0 Å². The standard InChI is InChI=1S/C25H29FN4O4S/c1-15-12-20(21(26)14-23(15)29-35(3,33)34)16(2)27-25(32)18-4-6-22-17(13-18)5-7-24(28-22)30-10-8-19(31)9-11-30/h4-7,12-14,16,19,29,31H,8-11H2,1-3H3,(H,27,32)/t16-/m1/s1. The van der Waals surface area contributed by atoms with E-state index in [0.717, 1.165) is 42.1 Å². The van der Waals surface area contributed by atoms with Crippen LogP contribution < -0.4 is 14.9 Å². The average molecular weight is 501 g/mol. The van der Waals surface area contributed by atoms with Crippen LogP contribution in [0, 0.1) is 12.7 Å². The van der Waals surface area contributed by atoms with Gasteiger partial charge >= 0.3 is 0 Å². The fraction of sp³-hybridized carbons (Fsp3) is 0.360. The maximum absolute atomic E-state index is 14.7. The second-order valence-electron chi connectivity index (χ2n) is 9.05. The van der Waals surface area contributed by atoms with Crippen LogP contribution in [0.5, 0.6) is 0 Å². The van der Waals surface area contributed by atoms with Crippen LogP contribution in [0.4, 0.5) is 15.9 Å². The number of carbonyl (C=O) groups excluding carboxylic acids is 1. The number of aryl methyl sites for hydroxylation is 1.